The van der Waals surface area contributed by atoms with E-state index in [-0.39, 0.29) is 11.6 Å². The molecule has 40 heavy (non-hydrogen) atoms. The molecule has 0 radical (unpaired) electrons. The zero-order chi connectivity index (χ0) is 28.8. The van der Waals surface area contributed by atoms with Crippen LogP contribution < -0.4 is 10.4 Å². The van der Waals surface area contributed by atoms with Crippen LogP contribution in [0.1, 0.15) is 31.1 Å². The van der Waals surface area contributed by atoms with Gasteiger partial charge in [-0.15, -0.1) is 11.8 Å². The molecule has 1 aliphatic rings. The van der Waals surface area contributed by atoms with Gasteiger partial charge in [0, 0.05) is 4.91 Å². The van der Waals surface area contributed by atoms with Gasteiger partial charge in [-0.05, 0) is 39.3 Å². The van der Waals surface area contributed by atoms with Crippen molar-refractivity contribution in [1.29, 1.82) is 0 Å². The molecule has 0 bridgehead atoms. The molecule has 0 spiro atoms. The number of aliphatic hydroxyl groups is 1. The van der Waals surface area contributed by atoms with Crippen molar-refractivity contribution in [2.45, 2.75) is 55.6 Å². The first kappa shape index (κ1) is 29.9. The summed E-state index contributed by atoms with van der Waals surface area (Å²) in [7, 11) is -2.91. The maximum absolute atomic E-state index is 12.9. The number of thioether (sulfide) groups is 1. The van der Waals surface area contributed by atoms with Gasteiger partial charge in [0.05, 0.1) is 18.3 Å². The molecule has 2 unspecified atom stereocenters. The number of rotatable bonds is 9. The lowest BCUT2D eigenvalue weighted by atomic mass is 9.98. The van der Waals surface area contributed by atoms with Crippen molar-refractivity contribution < 1.29 is 23.8 Å². The molecule has 3 aromatic carbocycles. The van der Waals surface area contributed by atoms with Gasteiger partial charge in [-0.1, -0.05) is 105 Å². The Balaban J connectivity index is 1.65. The monoisotopic (exact) mass is 577 g/mol. The highest BCUT2D eigenvalue weighted by Gasteiger charge is 2.52. The summed E-state index contributed by atoms with van der Waals surface area (Å²) in [5.41, 5.74) is 9.02. The van der Waals surface area contributed by atoms with Crippen LogP contribution in [0, 0.1) is 0 Å². The molecule has 1 aliphatic heterocycles. The van der Waals surface area contributed by atoms with Crippen molar-refractivity contribution in [1.82, 2.24) is 0 Å². The molecule has 0 aromatic heterocycles. The largest absolute Gasteiger partial charge is 0.455 e. The summed E-state index contributed by atoms with van der Waals surface area (Å²) in [6, 6.07) is 27.9. The third-order valence-electron chi connectivity index (χ3n) is 7.20. The minimum absolute atomic E-state index is 0.0578. The summed E-state index contributed by atoms with van der Waals surface area (Å²) >= 11 is 1.32. The van der Waals surface area contributed by atoms with Crippen molar-refractivity contribution in [3.63, 3.8) is 0 Å². The Morgan fingerprint density at radius 2 is 1.52 bits per heavy atom. The van der Waals surface area contributed by atoms with Gasteiger partial charge in [-0.25, -0.2) is 4.79 Å². The summed E-state index contributed by atoms with van der Waals surface area (Å²) in [5, 5.41) is 17.2. The van der Waals surface area contributed by atoms with Gasteiger partial charge in [0.25, 0.3) is 8.32 Å². The SMILES string of the molecule is CS[C@@H]1OC(CO[Si](c2ccccc2)(c2ccccc2)C(C)(C)C)[C@@H](O)C(N=[N+]=[N-])[C@H]1OC(=O)c1ccccc1. The molecule has 0 aliphatic carbocycles. The smallest absolute Gasteiger partial charge is 0.338 e. The van der Waals surface area contributed by atoms with Crippen LogP contribution in [0.25, 0.3) is 10.4 Å². The first-order chi connectivity index (χ1) is 19.2. The number of hydrogen-bond donors (Lipinski definition) is 1. The molecular weight excluding hydrogens is 542 g/mol. The van der Waals surface area contributed by atoms with Crippen LogP contribution >= 0.6 is 11.8 Å². The lowest BCUT2D eigenvalue weighted by Crippen LogP contribution is -2.68. The number of hydrogen-bond acceptors (Lipinski definition) is 7. The van der Waals surface area contributed by atoms with E-state index in [0.29, 0.717) is 5.56 Å². The number of nitrogens with zero attached hydrogens (tertiary/aromatic N) is 3. The number of carbonyl (C=O) groups is 1. The van der Waals surface area contributed by atoms with Crippen LogP contribution in [0.2, 0.25) is 5.04 Å². The maximum Gasteiger partial charge on any atom is 0.338 e. The zero-order valence-corrected chi connectivity index (χ0v) is 24.9. The van der Waals surface area contributed by atoms with E-state index in [1.165, 1.54) is 11.8 Å². The van der Waals surface area contributed by atoms with E-state index >= 15 is 0 Å². The molecular formula is C30H35N3O5SSi. The number of ether oxygens (including phenoxy) is 2. The fraction of sp³-hybridized carbons (Fsp3) is 0.367. The predicted molar refractivity (Wildman–Crippen MR) is 160 cm³/mol. The average molecular weight is 578 g/mol. The molecule has 3 aromatic rings. The van der Waals surface area contributed by atoms with Gasteiger partial charge in [0.1, 0.15) is 23.7 Å². The lowest BCUT2D eigenvalue weighted by molar-refractivity contribution is -0.159. The van der Waals surface area contributed by atoms with Crippen LogP contribution in [-0.2, 0) is 13.9 Å². The zero-order valence-electron chi connectivity index (χ0n) is 23.1. The van der Waals surface area contributed by atoms with Crippen molar-refractivity contribution in [3.8, 4) is 0 Å². The van der Waals surface area contributed by atoms with Gasteiger partial charge >= 0.3 is 5.97 Å². The van der Waals surface area contributed by atoms with Gasteiger partial charge < -0.3 is 19.0 Å². The van der Waals surface area contributed by atoms with Gasteiger partial charge in [0.2, 0.25) is 0 Å². The molecule has 0 saturated carbocycles. The van der Waals surface area contributed by atoms with Crippen molar-refractivity contribution >= 4 is 36.4 Å². The van der Waals surface area contributed by atoms with Gasteiger partial charge in [-0.3, -0.25) is 0 Å². The highest BCUT2D eigenvalue weighted by Crippen LogP contribution is 2.38. The molecule has 4 rings (SSSR count). The van der Waals surface area contributed by atoms with E-state index < -0.39 is 44.1 Å². The highest BCUT2D eigenvalue weighted by molar-refractivity contribution is 7.99. The maximum atomic E-state index is 12.9. The van der Waals surface area contributed by atoms with E-state index in [9.17, 15) is 15.4 Å². The molecule has 8 nitrogen and oxygen atoms in total. The Labute approximate surface area is 240 Å². The molecule has 5 atom stereocenters. The Morgan fingerprint density at radius 3 is 2.00 bits per heavy atom. The van der Waals surface area contributed by atoms with Gasteiger partial charge in [-0.2, -0.15) is 0 Å². The third kappa shape index (κ3) is 6.12. The van der Waals surface area contributed by atoms with E-state index in [1.54, 1.807) is 30.3 Å². The highest BCUT2D eigenvalue weighted by atomic mass is 32.2. The number of azide groups is 1. The number of aliphatic hydroxyl groups excluding tert-OH is 1. The molecule has 1 heterocycles. The van der Waals surface area contributed by atoms with Crippen molar-refractivity contribution in [2.24, 2.45) is 5.11 Å². The van der Waals surface area contributed by atoms with E-state index in [1.807, 2.05) is 42.7 Å². The second kappa shape index (κ2) is 13.0. The predicted octanol–water partition coefficient (Wildman–Crippen LogP) is 4.92. The van der Waals surface area contributed by atoms with Crippen molar-refractivity contribution in [3.05, 3.63) is 107 Å². The molecule has 0 amide bonds. The molecule has 1 N–H and O–H groups in total. The first-order valence-corrected chi connectivity index (χ1v) is 16.3. The number of esters is 1. The van der Waals surface area contributed by atoms with E-state index in [2.05, 4.69) is 55.1 Å². The van der Waals surface area contributed by atoms with Crippen molar-refractivity contribution in [2.75, 3.05) is 12.9 Å². The summed E-state index contributed by atoms with van der Waals surface area (Å²) in [4.78, 5) is 15.8. The quantitative estimate of drug-likeness (QED) is 0.127. The Hall–Kier alpha value is -3.11. The topological polar surface area (TPSA) is 114 Å². The molecule has 1 saturated heterocycles. The van der Waals surface area contributed by atoms with Crippen LogP contribution in [0.4, 0.5) is 0 Å². The second-order valence-electron chi connectivity index (χ2n) is 10.7. The summed E-state index contributed by atoms with van der Waals surface area (Å²) in [6.07, 6.45) is -1.25. The van der Waals surface area contributed by atoms with Crippen LogP contribution in [-0.4, -0.2) is 62.0 Å². The average Bonchev–Trinajstić information content (AvgIpc) is 2.97. The molecule has 10 heteroatoms. The second-order valence-corrected chi connectivity index (χ2v) is 15.9. The fourth-order valence-corrected chi connectivity index (χ4v) is 10.6. The van der Waals surface area contributed by atoms with Crippen LogP contribution in [0.3, 0.4) is 0 Å². The van der Waals surface area contributed by atoms with Crippen LogP contribution in [0.5, 0.6) is 0 Å². The fourth-order valence-electron chi connectivity index (χ4n) is 5.29. The normalized spacial score (nSPS) is 23.2. The van der Waals surface area contributed by atoms with E-state index in [0.717, 1.165) is 10.4 Å². The Kier molecular flexibility index (Phi) is 9.73. The summed E-state index contributed by atoms with van der Waals surface area (Å²) < 4.78 is 19.0. The Morgan fingerprint density at radius 1 is 1.00 bits per heavy atom. The number of carbonyl (C=O) groups excluding carboxylic acids is 1. The lowest BCUT2D eigenvalue weighted by Gasteiger charge is -2.46. The summed E-state index contributed by atoms with van der Waals surface area (Å²) in [6.45, 7) is 6.57. The first-order valence-electron chi connectivity index (χ1n) is 13.1. The number of benzene rings is 3. The third-order valence-corrected chi connectivity index (χ3v) is 13.0. The minimum Gasteiger partial charge on any atom is -0.455 e. The standard InChI is InChI=1S/C30H35N3O5SSi/c1-30(2,3)40(22-16-10-6-11-17-22,23-18-12-7-13-19-23)36-20-24-26(34)25(32-33-31)27(29(37-24)39-4)38-28(35)21-14-8-5-9-15-21/h5-19,24-27,29,34H,20H2,1-4H3/t24?,25?,26-,27-,29+/m1/s1. The molecule has 1 fully saturated rings. The minimum atomic E-state index is -2.91. The van der Waals surface area contributed by atoms with Crippen LogP contribution in [0.15, 0.2) is 96.1 Å². The van der Waals surface area contributed by atoms with Gasteiger partial charge in [0.15, 0.2) is 0 Å². The summed E-state index contributed by atoms with van der Waals surface area (Å²) in [5.74, 6) is -0.583. The Bertz CT molecular complexity index is 1260. The van der Waals surface area contributed by atoms with E-state index in [4.69, 9.17) is 13.9 Å². The molecule has 210 valence electrons.